The Morgan fingerprint density at radius 2 is 1.35 bits per heavy atom. The maximum absolute atomic E-state index is 10.9. The quantitative estimate of drug-likeness (QED) is 0.365. The lowest BCUT2D eigenvalue weighted by molar-refractivity contribution is -0.178. The molecule has 0 amide bonds. The van der Waals surface area contributed by atoms with Gasteiger partial charge in [-0.15, -0.1) is 0 Å². The third kappa shape index (κ3) is 9.25. The lowest BCUT2D eigenvalue weighted by atomic mass is 9.95. The zero-order chi connectivity index (χ0) is 16.2. The molecule has 20 heavy (non-hydrogen) atoms. The molecule has 0 unspecified atom stereocenters. The van der Waals surface area contributed by atoms with Gasteiger partial charge in [0, 0.05) is 6.61 Å². The summed E-state index contributed by atoms with van der Waals surface area (Å²) in [4.78, 5) is 32.0. The number of hydrogen-bond donors (Lipinski definition) is 5. The Morgan fingerprint density at radius 3 is 1.55 bits per heavy atom. The molecule has 9 heteroatoms. The summed E-state index contributed by atoms with van der Waals surface area (Å²) < 4.78 is 4.90. The second kappa shape index (κ2) is 11.1. The number of rotatable bonds is 9. The summed E-state index contributed by atoms with van der Waals surface area (Å²) in [5, 5.41) is 41.3. The maximum atomic E-state index is 10.9. The molecule has 0 saturated carbocycles. The normalized spacial score (nSPS) is 10.3. The van der Waals surface area contributed by atoms with Crippen LogP contribution < -0.4 is 0 Å². The monoisotopic (exact) mass is 296 g/mol. The molecule has 9 nitrogen and oxygen atoms in total. The number of aliphatic hydroxyl groups excluding tert-OH is 2. The highest BCUT2D eigenvalue weighted by atomic mass is 16.5. The van der Waals surface area contributed by atoms with Crippen molar-refractivity contribution in [1.82, 2.24) is 0 Å². The van der Waals surface area contributed by atoms with Gasteiger partial charge in [0.1, 0.15) is 0 Å². The van der Waals surface area contributed by atoms with E-state index in [4.69, 9.17) is 30.3 Å². The Balaban J connectivity index is 0. The van der Waals surface area contributed by atoms with Gasteiger partial charge >= 0.3 is 17.9 Å². The molecule has 0 aromatic heterocycles. The van der Waals surface area contributed by atoms with Crippen LogP contribution in [0.2, 0.25) is 0 Å². The Labute approximate surface area is 115 Å². The summed E-state index contributed by atoms with van der Waals surface area (Å²) in [6, 6.07) is 0. The Bertz CT molecular complexity index is 295. The van der Waals surface area contributed by atoms with E-state index in [1.807, 2.05) is 0 Å². The zero-order valence-electron chi connectivity index (χ0n) is 11.1. The molecule has 0 aliphatic rings. The molecule has 0 aromatic rings. The Kier molecular flexibility index (Phi) is 11.5. The first-order chi connectivity index (χ1) is 9.25. The molecule has 0 fully saturated rings. The molecule has 0 bridgehead atoms. The van der Waals surface area contributed by atoms with Gasteiger partial charge in [-0.05, 0) is 6.42 Å². The third-order valence-electron chi connectivity index (χ3n) is 1.95. The molecule has 0 spiro atoms. The van der Waals surface area contributed by atoms with Gasteiger partial charge in [-0.2, -0.15) is 0 Å². The van der Waals surface area contributed by atoms with E-state index in [9.17, 15) is 14.4 Å². The number of hydrogen-bond acceptors (Lipinski definition) is 6. The fraction of sp³-hybridized carbons (Fsp3) is 0.727. The predicted molar refractivity (Wildman–Crippen MR) is 65.3 cm³/mol. The van der Waals surface area contributed by atoms with Crippen LogP contribution in [0.4, 0.5) is 0 Å². The standard InChI is InChI=1S/C9H14O7.C2H6O2/c1-2-3-16-9(8(14)15,4-6(10)11)5-7(12)13;3-1-2-4/h2-5H2,1H3,(H,10,11)(H,12,13)(H,14,15);3-4H,1-2H2. The van der Waals surface area contributed by atoms with Crippen LogP contribution in [0.1, 0.15) is 26.2 Å². The van der Waals surface area contributed by atoms with Crippen LogP contribution in [0, 0.1) is 0 Å². The van der Waals surface area contributed by atoms with Gasteiger partial charge < -0.3 is 30.3 Å². The number of carboxylic acid groups (broad SMARTS) is 3. The van der Waals surface area contributed by atoms with Gasteiger partial charge in [0.25, 0.3) is 0 Å². The van der Waals surface area contributed by atoms with Crippen molar-refractivity contribution in [2.45, 2.75) is 31.8 Å². The minimum absolute atomic E-state index is 0.00708. The predicted octanol–water partition coefficient (Wildman–Crippen LogP) is -0.843. The average molecular weight is 296 g/mol. The lowest BCUT2D eigenvalue weighted by Crippen LogP contribution is -2.45. The molecule has 0 aromatic carbocycles. The first-order valence-corrected chi connectivity index (χ1v) is 5.78. The number of carboxylic acids is 3. The van der Waals surface area contributed by atoms with E-state index in [1.165, 1.54) is 0 Å². The highest BCUT2D eigenvalue weighted by molar-refractivity contribution is 5.88. The molecule has 0 saturated heterocycles. The van der Waals surface area contributed by atoms with Crippen molar-refractivity contribution in [3.05, 3.63) is 0 Å². The van der Waals surface area contributed by atoms with Crippen LogP contribution >= 0.6 is 0 Å². The van der Waals surface area contributed by atoms with Gasteiger partial charge in [-0.1, -0.05) is 6.92 Å². The molecule has 118 valence electrons. The first-order valence-electron chi connectivity index (χ1n) is 5.78. The average Bonchev–Trinajstić information content (AvgIpc) is 2.34. The molecule has 0 heterocycles. The fourth-order valence-electron chi connectivity index (χ4n) is 1.16. The summed E-state index contributed by atoms with van der Waals surface area (Å²) in [5.41, 5.74) is -2.19. The molecule has 0 atom stereocenters. The Hall–Kier alpha value is -1.71. The van der Waals surface area contributed by atoms with Gasteiger partial charge in [0.15, 0.2) is 5.60 Å². The van der Waals surface area contributed by atoms with Crippen LogP contribution in [0.5, 0.6) is 0 Å². The number of aliphatic hydroxyl groups is 2. The second-order valence-corrected chi connectivity index (χ2v) is 3.74. The van der Waals surface area contributed by atoms with Crippen molar-refractivity contribution in [2.24, 2.45) is 0 Å². The first kappa shape index (κ1) is 20.6. The van der Waals surface area contributed by atoms with E-state index in [-0.39, 0.29) is 19.8 Å². The lowest BCUT2D eigenvalue weighted by Gasteiger charge is -2.26. The van der Waals surface area contributed by atoms with E-state index in [2.05, 4.69) is 0 Å². The van der Waals surface area contributed by atoms with Gasteiger partial charge in [0.05, 0.1) is 26.1 Å². The van der Waals surface area contributed by atoms with Crippen molar-refractivity contribution >= 4 is 17.9 Å². The summed E-state index contributed by atoms with van der Waals surface area (Å²) in [6.07, 6.45) is -1.29. The summed E-state index contributed by atoms with van der Waals surface area (Å²) in [7, 11) is 0. The highest BCUT2D eigenvalue weighted by Crippen LogP contribution is 2.22. The molecular formula is C11H20O9. The minimum atomic E-state index is -2.19. The van der Waals surface area contributed by atoms with Crippen LogP contribution in [0.25, 0.3) is 0 Å². The van der Waals surface area contributed by atoms with Crippen molar-refractivity contribution in [3.8, 4) is 0 Å². The number of ether oxygens (including phenoxy) is 1. The third-order valence-corrected chi connectivity index (χ3v) is 1.95. The highest BCUT2D eigenvalue weighted by Gasteiger charge is 2.44. The summed E-state index contributed by atoms with van der Waals surface area (Å²) in [6.45, 7) is 1.45. The van der Waals surface area contributed by atoms with Crippen molar-refractivity contribution in [1.29, 1.82) is 0 Å². The summed E-state index contributed by atoms with van der Waals surface area (Å²) in [5.74, 6) is -4.41. The smallest absolute Gasteiger partial charge is 0.337 e. The minimum Gasteiger partial charge on any atom is -0.481 e. The van der Waals surface area contributed by atoms with E-state index < -0.39 is 36.4 Å². The van der Waals surface area contributed by atoms with Crippen LogP contribution in [-0.4, -0.2) is 68.9 Å². The topological polar surface area (TPSA) is 162 Å². The number of carbonyl (C=O) groups is 3. The van der Waals surface area contributed by atoms with Gasteiger partial charge in [-0.3, -0.25) is 9.59 Å². The fourth-order valence-corrected chi connectivity index (χ4v) is 1.16. The van der Waals surface area contributed by atoms with Crippen LogP contribution in [0.15, 0.2) is 0 Å². The van der Waals surface area contributed by atoms with E-state index in [0.29, 0.717) is 6.42 Å². The van der Waals surface area contributed by atoms with Crippen molar-refractivity contribution in [2.75, 3.05) is 19.8 Å². The van der Waals surface area contributed by atoms with Crippen molar-refractivity contribution in [3.63, 3.8) is 0 Å². The van der Waals surface area contributed by atoms with Gasteiger partial charge in [0.2, 0.25) is 0 Å². The van der Waals surface area contributed by atoms with Gasteiger partial charge in [-0.25, -0.2) is 4.79 Å². The largest absolute Gasteiger partial charge is 0.481 e. The maximum Gasteiger partial charge on any atom is 0.337 e. The molecule has 0 radical (unpaired) electrons. The molecule has 0 aliphatic heterocycles. The molecular weight excluding hydrogens is 276 g/mol. The van der Waals surface area contributed by atoms with Crippen LogP contribution in [-0.2, 0) is 19.1 Å². The van der Waals surface area contributed by atoms with Crippen LogP contribution in [0.3, 0.4) is 0 Å². The summed E-state index contributed by atoms with van der Waals surface area (Å²) >= 11 is 0. The van der Waals surface area contributed by atoms with E-state index >= 15 is 0 Å². The van der Waals surface area contributed by atoms with Crippen molar-refractivity contribution < 1.29 is 44.7 Å². The Morgan fingerprint density at radius 1 is 0.950 bits per heavy atom. The number of aliphatic carboxylic acids is 3. The molecule has 0 aliphatic carbocycles. The van der Waals surface area contributed by atoms with E-state index in [1.54, 1.807) is 6.92 Å². The zero-order valence-corrected chi connectivity index (χ0v) is 11.1. The molecule has 5 N–H and O–H groups in total. The van der Waals surface area contributed by atoms with E-state index in [0.717, 1.165) is 0 Å². The SMILES string of the molecule is CCCOC(CC(=O)O)(CC(=O)O)C(=O)O.OCCO. The second-order valence-electron chi connectivity index (χ2n) is 3.74. The molecule has 0 rings (SSSR count).